The van der Waals surface area contributed by atoms with Crippen LogP contribution in [0, 0.1) is 23.2 Å². The van der Waals surface area contributed by atoms with Gasteiger partial charge in [-0.25, -0.2) is 9.78 Å². The van der Waals surface area contributed by atoms with Crippen molar-refractivity contribution in [1.29, 1.82) is 5.26 Å². The molecule has 11 heteroatoms. The van der Waals surface area contributed by atoms with E-state index < -0.39 is 17.5 Å². The van der Waals surface area contributed by atoms with E-state index in [1.54, 1.807) is 42.6 Å². The quantitative estimate of drug-likeness (QED) is 0.390. The van der Waals surface area contributed by atoms with E-state index in [-0.39, 0.29) is 24.7 Å². The molecule has 1 unspecified atom stereocenters. The Bertz CT molecular complexity index is 1600. The summed E-state index contributed by atoms with van der Waals surface area (Å²) in [4.78, 5) is 48.3. The van der Waals surface area contributed by atoms with Crippen LogP contribution in [0.25, 0.3) is 11.3 Å². The highest BCUT2D eigenvalue weighted by Crippen LogP contribution is 2.29. The van der Waals surface area contributed by atoms with Gasteiger partial charge in [0.2, 0.25) is 5.54 Å². The van der Waals surface area contributed by atoms with Crippen LogP contribution in [-0.2, 0) is 11.3 Å². The number of nitrogens with zero attached hydrogens (tertiary/aromatic N) is 4. The van der Waals surface area contributed by atoms with Crippen molar-refractivity contribution >= 4 is 17.8 Å². The predicted molar refractivity (Wildman–Crippen MR) is 133 cm³/mol. The lowest BCUT2D eigenvalue weighted by Crippen LogP contribution is -2.54. The summed E-state index contributed by atoms with van der Waals surface area (Å²) >= 11 is 0. The average Bonchev–Trinajstić information content (AvgIpc) is 3.40. The van der Waals surface area contributed by atoms with Crippen molar-refractivity contribution in [3.63, 3.8) is 0 Å². The third kappa shape index (κ3) is 4.33. The fourth-order valence-corrected chi connectivity index (χ4v) is 4.28. The molecule has 38 heavy (non-hydrogen) atoms. The number of methoxy groups -OCH3 is 2. The Morgan fingerprint density at radius 3 is 2.66 bits per heavy atom. The van der Waals surface area contributed by atoms with Gasteiger partial charge in [0, 0.05) is 30.1 Å². The molecule has 2 aliphatic heterocycles. The molecule has 4 amide bonds. The summed E-state index contributed by atoms with van der Waals surface area (Å²) in [6.45, 7) is 0.0492. The summed E-state index contributed by atoms with van der Waals surface area (Å²) in [6.07, 6.45) is 3.00. The number of carbonyl (C=O) groups excluding carboxylic acids is 3. The van der Waals surface area contributed by atoms with Gasteiger partial charge in [-0.1, -0.05) is 12.0 Å². The first-order chi connectivity index (χ1) is 18.4. The van der Waals surface area contributed by atoms with Gasteiger partial charge in [0.25, 0.3) is 11.8 Å². The lowest BCUT2D eigenvalue weighted by molar-refractivity contribution is -0.122. The summed E-state index contributed by atoms with van der Waals surface area (Å²) in [5, 5.41) is 14.0. The fraction of sp³-hybridized carbons (Fsp3) is 0.185. The Labute approximate surface area is 217 Å². The average molecular weight is 508 g/mol. The minimum Gasteiger partial charge on any atom is -0.497 e. The largest absolute Gasteiger partial charge is 0.497 e. The number of aromatic nitrogens is 2. The third-order valence-corrected chi connectivity index (χ3v) is 6.20. The maximum atomic E-state index is 13.1. The summed E-state index contributed by atoms with van der Waals surface area (Å²) in [5.74, 6) is 5.58. The number of ether oxygens (including phenoxy) is 2. The van der Waals surface area contributed by atoms with Gasteiger partial charge >= 0.3 is 6.03 Å². The molecule has 2 aliphatic rings. The van der Waals surface area contributed by atoms with E-state index in [0.29, 0.717) is 33.9 Å². The number of carbonyl (C=O) groups is 3. The molecule has 0 bridgehead atoms. The van der Waals surface area contributed by atoms with Gasteiger partial charge in [-0.05, 0) is 41.8 Å². The lowest BCUT2D eigenvalue weighted by Gasteiger charge is -2.26. The molecular formula is C27H20N6O5. The van der Waals surface area contributed by atoms with E-state index in [1.807, 2.05) is 6.07 Å². The van der Waals surface area contributed by atoms with Gasteiger partial charge < -0.3 is 19.7 Å². The van der Waals surface area contributed by atoms with Crippen LogP contribution in [-0.4, -0.2) is 59.0 Å². The number of rotatable bonds is 5. The van der Waals surface area contributed by atoms with Crippen LogP contribution < -0.4 is 20.1 Å². The van der Waals surface area contributed by atoms with E-state index >= 15 is 0 Å². The molecule has 0 radical (unpaired) electrons. The Morgan fingerprint density at radius 2 is 1.95 bits per heavy atom. The molecule has 1 fully saturated rings. The van der Waals surface area contributed by atoms with Crippen molar-refractivity contribution in [2.24, 2.45) is 0 Å². The molecule has 4 heterocycles. The number of benzene rings is 1. The standard InChI is InChI=1S/C27H20N6O5/c1-37-19-4-3-17-14-33(24(34)20(17)10-19)15-27(25(35)31-26(36)32-27)8-7-22-23(38-2)6-5-21(30-22)18-9-16(11-28)12-29-13-18/h3-6,9-10,12-13H,14-15H2,1-2H3,(H2,31,32,35,36). The predicted octanol–water partition coefficient (Wildman–Crippen LogP) is 1.62. The highest BCUT2D eigenvalue weighted by atomic mass is 16.5. The van der Waals surface area contributed by atoms with E-state index in [4.69, 9.17) is 9.47 Å². The Kier molecular flexibility index (Phi) is 6.11. The Balaban J connectivity index is 1.51. The summed E-state index contributed by atoms with van der Waals surface area (Å²) < 4.78 is 10.6. The molecule has 0 saturated carbocycles. The van der Waals surface area contributed by atoms with Crippen LogP contribution in [0.2, 0.25) is 0 Å². The van der Waals surface area contributed by atoms with Crippen LogP contribution in [0.5, 0.6) is 11.5 Å². The highest BCUT2D eigenvalue weighted by Gasteiger charge is 2.48. The van der Waals surface area contributed by atoms with Gasteiger partial charge in [0.1, 0.15) is 11.8 Å². The topological polar surface area (TPSA) is 147 Å². The van der Waals surface area contributed by atoms with Gasteiger partial charge in [-0.3, -0.25) is 19.9 Å². The van der Waals surface area contributed by atoms with Crippen molar-refractivity contribution in [2.45, 2.75) is 12.1 Å². The maximum absolute atomic E-state index is 13.1. The molecule has 1 atom stereocenters. The summed E-state index contributed by atoms with van der Waals surface area (Å²) in [7, 11) is 2.96. The zero-order valence-electron chi connectivity index (χ0n) is 20.4. The normalized spacial score (nSPS) is 17.6. The van der Waals surface area contributed by atoms with E-state index in [9.17, 15) is 19.6 Å². The SMILES string of the molecule is COc1ccc2c(c1)C(=O)N(CC1(C#Cc3nc(-c4cncc(C#N)c4)ccc3OC)NC(=O)NC1=O)C2. The van der Waals surface area contributed by atoms with Crippen LogP contribution in [0.4, 0.5) is 4.79 Å². The summed E-state index contributed by atoms with van der Waals surface area (Å²) in [5.41, 5.74) is 1.14. The molecule has 2 N–H and O–H groups in total. The minimum absolute atomic E-state index is 0.191. The van der Waals surface area contributed by atoms with Gasteiger partial charge in [0.15, 0.2) is 11.4 Å². The van der Waals surface area contributed by atoms with E-state index in [2.05, 4.69) is 32.4 Å². The zero-order valence-corrected chi connectivity index (χ0v) is 20.4. The molecule has 11 nitrogen and oxygen atoms in total. The number of amides is 4. The van der Waals surface area contributed by atoms with Crippen molar-refractivity contribution in [3.05, 3.63) is 71.2 Å². The number of fused-ring (bicyclic) bond motifs is 1. The van der Waals surface area contributed by atoms with Crippen LogP contribution in [0.15, 0.2) is 48.8 Å². The van der Waals surface area contributed by atoms with Crippen LogP contribution >= 0.6 is 0 Å². The number of imide groups is 1. The second kappa shape index (κ2) is 9.56. The van der Waals surface area contributed by atoms with E-state index in [1.165, 1.54) is 25.3 Å². The van der Waals surface area contributed by atoms with Gasteiger partial charge in [-0.2, -0.15) is 5.26 Å². The minimum atomic E-state index is -1.72. The zero-order chi connectivity index (χ0) is 26.9. The number of pyridine rings is 2. The van der Waals surface area contributed by atoms with Crippen LogP contribution in [0.1, 0.15) is 27.2 Å². The number of nitrogens with one attached hydrogen (secondary N) is 2. The molecule has 1 saturated heterocycles. The van der Waals surface area contributed by atoms with Gasteiger partial charge in [-0.15, -0.1) is 0 Å². The van der Waals surface area contributed by atoms with Crippen LogP contribution in [0.3, 0.4) is 0 Å². The van der Waals surface area contributed by atoms with E-state index in [0.717, 1.165) is 5.56 Å². The molecule has 188 valence electrons. The Morgan fingerprint density at radius 1 is 1.11 bits per heavy atom. The number of hydrogen-bond acceptors (Lipinski definition) is 8. The van der Waals surface area contributed by atoms with Gasteiger partial charge in [0.05, 0.1) is 32.0 Å². The smallest absolute Gasteiger partial charge is 0.323 e. The molecular weight excluding hydrogens is 488 g/mol. The van der Waals surface area contributed by atoms with Crippen molar-refractivity contribution in [2.75, 3.05) is 20.8 Å². The number of nitriles is 1. The highest BCUT2D eigenvalue weighted by molar-refractivity contribution is 6.10. The fourth-order valence-electron chi connectivity index (χ4n) is 4.28. The molecule has 0 spiro atoms. The first kappa shape index (κ1) is 24.3. The molecule has 2 aromatic heterocycles. The second-order valence-electron chi connectivity index (χ2n) is 8.57. The second-order valence-corrected chi connectivity index (χ2v) is 8.57. The third-order valence-electron chi connectivity index (χ3n) is 6.20. The monoisotopic (exact) mass is 508 g/mol. The lowest BCUT2D eigenvalue weighted by atomic mass is 9.99. The number of hydrogen-bond donors (Lipinski definition) is 2. The van der Waals surface area contributed by atoms with Crippen molar-refractivity contribution in [1.82, 2.24) is 25.5 Å². The first-order valence-electron chi connectivity index (χ1n) is 11.4. The molecule has 0 aliphatic carbocycles. The van der Waals surface area contributed by atoms with Crippen molar-refractivity contribution < 1.29 is 23.9 Å². The molecule has 1 aromatic carbocycles. The maximum Gasteiger partial charge on any atom is 0.323 e. The summed E-state index contributed by atoms with van der Waals surface area (Å²) in [6, 6.07) is 11.5. The van der Waals surface area contributed by atoms with Crippen molar-refractivity contribution in [3.8, 4) is 40.7 Å². The number of urea groups is 1. The molecule has 3 aromatic rings. The first-order valence-corrected chi connectivity index (χ1v) is 11.4. The Hall–Kier alpha value is -5.42. The molecule has 5 rings (SSSR count).